The number of ether oxygens (including phenoxy) is 2. The van der Waals surface area contributed by atoms with Crippen molar-refractivity contribution >= 4 is 16.9 Å². The fourth-order valence-electron chi connectivity index (χ4n) is 3.07. The van der Waals surface area contributed by atoms with E-state index >= 15 is 0 Å². The largest absolute Gasteiger partial charge is 0.497 e. The highest BCUT2D eigenvalue weighted by Crippen LogP contribution is 2.29. The van der Waals surface area contributed by atoms with Gasteiger partial charge in [-0.15, -0.1) is 0 Å². The number of hydrogen-bond donors (Lipinski definition) is 0. The number of carbonyl (C=O) groups is 1. The van der Waals surface area contributed by atoms with E-state index in [-0.39, 0.29) is 12.4 Å². The van der Waals surface area contributed by atoms with Gasteiger partial charge in [-0.3, -0.25) is 4.79 Å². The summed E-state index contributed by atoms with van der Waals surface area (Å²) in [5, 5.41) is 9.97. The topological polar surface area (TPSA) is 72.5 Å². The summed E-state index contributed by atoms with van der Waals surface area (Å²) in [7, 11) is 1.64. The molecule has 0 amide bonds. The Hall–Kier alpha value is -3.26. The molecule has 0 aliphatic carbocycles. The molecule has 0 N–H and O–H groups in total. The van der Waals surface area contributed by atoms with Crippen molar-refractivity contribution in [1.29, 1.82) is 5.26 Å². The lowest BCUT2D eigenvalue weighted by molar-refractivity contribution is -0.142. The monoisotopic (exact) mass is 363 g/mol. The first-order valence-corrected chi connectivity index (χ1v) is 8.87. The molecule has 1 heterocycles. The number of furan rings is 1. The minimum atomic E-state index is -0.298. The fraction of sp³-hybridized carbons (Fsp3) is 0.273. The third kappa shape index (κ3) is 4.29. The molecule has 2 aromatic carbocycles. The Kier molecular flexibility index (Phi) is 5.77. The van der Waals surface area contributed by atoms with Crippen LogP contribution in [0, 0.1) is 11.3 Å². The Morgan fingerprint density at radius 1 is 1.15 bits per heavy atom. The number of esters is 1. The van der Waals surface area contributed by atoms with Gasteiger partial charge in [0.2, 0.25) is 0 Å². The molecule has 5 nitrogen and oxygen atoms in total. The zero-order chi connectivity index (χ0) is 19.2. The minimum absolute atomic E-state index is 0.133. The van der Waals surface area contributed by atoms with E-state index < -0.39 is 0 Å². The summed E-state index contributed by atoms with van der Waals surface area (Å²) < 4.78 is 16.3. The number of nitrogens with zero attached hydrogens (tertiary/aromatic N) is 1. The number of aryl methyl sites for hydroxylation is 2. The first-order chi connectivity index (χ1) is 13.1. The molecule has 3 rings (SSSR count). The second-order valence-corrected chi connectivity index (χ2v) is 6.16. The van der Waals surface area contributed by atoms with Gasteiger partial charge >= 0.3 is 5.97 Å². The molecule has 0 aliphatic rings. The maximum Gasteiger partial charge on any atom is 0.310 e. The van der Waals surface area contributed by atoms with Gasteiger partial charge in [-0.2, -0.15) is 5.26 Å². The highest BCUT2D eigenvalue weighted by atomic mass is 16.5. The van der Waals surface area contributed by atoms with Gasteiger partial charge in [-0.25, -0.2) is 0 Å². The third-order valence-corrected chi connectivity index (χ3v) is 4.43. The Morgan fingerprint density at radius 2 is 1.93 bits per heavy atom. The van der Waals surface area contributed by atoms with Gasteiger partial charge in [0, 0.05) is 17.4 Å². The van der Waals surface area contributed by atoms with Gasteiger partial charge in [0.1, 0.15) is 17.1 Å². The second kappa shape index (κ2) is 8.41. The van der Waals surface area contributed by atoms with Gasteiger partial charge in [0.15, 0.2) is 0 Å². The number of nitriles is 1. The van der Waals surface area contributed by atoms with Gasteiger partial charge in [0.25, 0.3) is 0 Å². The summed E-state index contributed by atoms with van der Waals surface area (Å²) in [6.45, 7) is 2.11. The van der Waals surface area contributed by atoms with Crippen LogP contribution in [0.25, 0.3) is 11.0 Å². The first kappa shape index (κ1) is 18.5. The maximum absolute atomic E-state index is 12.1. The van der Waals surface area contributed by atoms with Gasteiger partial charge in [-0.1, -0.05) is 12.1 Å². The van der Waals surface area contributed by atoms with Gasteiger partial charge < -0.3 is 13.9 Å². The molecular formula is C22H21NO4. The van der Waals surface area contributed by atoms with Crippen molar-refractivity contribution in [3.63, 3.8) is 0 Å². The number of hydrogen-bond acceptors (Lipinski definition) is 5. The van der Waals surface area contributed by atoms with Gasteiger partial charge in [0.05, 0.1) is 31.8 Å². The smallest absolute Gasteiger partial charge is 0.310 e. The van der Waals surface area contributed by atoms with Crippen LogP contribution < -0.4 is 4.74 Å². The molecule has 27 heavy (non-hydrogen) atoms. The Morgan fingerprint density at radius 3 is 2.59 bits per heavy atom. The molecule has 0 saturated carbocycles. The summed E-state index contributed by atoms with van der Waals surface area (Å²) >= 11 is 0. The zero-order valence-electron chi connectivity index (χ0n) is 15.5. The Labute approximate surface area is 158 Å². The summed E-state index contributed by atoms with van der Waals surface area (Å²) in [4.78, 5) is 12.1. The van der Waals surface area contributed by atoms with E-state index in [1.54, 1.807) is 32.2 Å². The predicted molar refractivity (Wildman–Crippen MR) is 102 cm³/mol. The minimum Gasteiger partial charge on any atom is -0.497 e. The van der Waals surface area contributed by atoms with Crippen molar-refractivity contribution in [2.75, 3.05) is 13.7 Å². The van der Waals surface area contributed by atoms with E-state index in [0.717, 1.165) is 34.4 Å². The summed E-state index contributed by atoms with van der Waals surface area (Å²) in [5.74, 6) is 1.27. The van der Waals surface area contributed by atoms with Crippen LogP contribution in [0.3, 0.4) is 0 Å². The number of rotatable bonds is 7. The van der Waals surface area contributed by atoms with Crippen LogP contribution in [-0.2, 0) is 28.8 Å². The molecule has 0 unspecified atom stereocenters. The van der Waals surface area contributed by atoms with E-state index in [1.165, 1.54) is 0 Å². The molecule has 138 valence electrons. The van der Waals surface area contributed by atoms with Crippen LogP contribution in [0.15, 0.2) is 46.9 Å². The number of methoxy groups -OCH3 is 1. The molecule has 0 radical (unpaired) electrons. The lowest BCUT2D eigenvalue weighted by atomic mass is 10.0. The molecule has 0 saturated heterocycles. The van der Waals surface area contributed by atoms with Crippen LogP contribution in [-0.4, -0.2) is 19.7 Å². The summed E-state index contributed by atoms with van der Waals surface area (Å²) in [5.41, 5.74) is 3.17. The van der Waals surface area contributed by atoms with Crippen LogP contribution in [0.1, 0.15) is 29.4 Å². The molecular weight excluding hydrogens is 342 g/mol. The Balaban J connectivity index is 1.89. The summed E-state index contributed by atoms with van der Waals surface area (Å²) in [6, 6.07) is 15.3. The van der Waals surface area contributed by atoms with Crippen molar-refractivity contribution < 1.29 is 18.7 Å². The summed E-state index contributed by atoms with van der Waals surface area (Å²) in [6.07, 6.45) is 1.55. The molecule has 3 aromatic rings. The molecule has 0 spiro atoms. The second-order valence-electron chi connectivity index (χ2n) is 6.16. The van der Waals surface area contributed by atoms with Crippen molar-refractivity contribution in [2.24, 2.45) is 0 Å². The fourth-order valence-corrected chi connectivity index (χ4v) is 3.07. The predicted octanol–water partition coefficient (Wildman–Crippen LogP) is 4.20. The average molecular weight is 363 g/mol. The molecule has 0 bridgehead atoms. The van der Waals surface area contributed by atoms with Crippen molar-refractivity contribution in [2.45, 2.75) is 26.2 Å². The van der Waals surface area contributed by atoms with Crippen molar-refractivity contribution in [1.82, 2.24) is 0 Å². The first-order valence-electron chi connectivity index (χ1n) is 8.87. The number of benzene rings is 2. The highest BCUT2D eigenvalue weighted by Gasteiger charge is 2.18. The van der Waals surface area contributed by atoms with E-state index in [1.807, 2.05) is 24.3 Å². The highest BCUT2D eigenvalue weighted by molar-refractivity contribution is 5.88. The quantitative estimate of drug-likeness (QED) is 0.588. The van der Waals surface area contributed by atoms with Crippen LogP contribution in [0.4, 0.5) is 0 Å². The van der Waals surface area contributed by atoms with E-state index in [9.17, 15) is 10.1 Å². The van der Waals surface area contributed by atoms with Crippen molar-refractivity contribution in [3.05, 3.63) is 64.9 Å². The molecule has 1 aromatic heterocycles. The third-order valence-electron chi connectivity index (χ3n) is 4.43. The maximum atomic E-state index is 12.1. The molecule has 5 heteroatoms. The van der Waals surface area contributed by atoms with E-state index in [4.69, 9.17) is 13.9 Å². The standard InChI is InChI=1S/C22H21NO4/c1-3-26-22(24)13-19-18-12-16(14-23)7-11-20(18)27-21(19)10-6-15-4-8-17(25-2)9-5-15/h4-5,7-9,11-12H,3,6,10,13H2,1-2H3. The SMILES string of the molecule is CCOC(=O)Cc1c(CCc2ccc(OC)cc2)oc2ccc(C#N)cc12. The van der Waals surface area contributed by atoms with Gasteiger partial charge in [-0.05, 0) is 49.2 Å². The molecule has 0 fully saturated rings. The van der Waals surface area contributed by atoms with Crippen molar-refractivity contribution in [3.8, 4) is 11.8 Å². The normalized spacial score (nSPS) is 10.6. The molecule has 0 atom stereocenters. The van der Waals surface area contributed by atoms with Crippen LogP contribution in [0.2, 0.25) is 0 Å². The van der Waals surface area contributed by atoms with Crippen LogP contribution >= 0.6 is 0 Å². The zero-order valence-corrected chi connectivity index (χ0v) is 15.5. The number of carbonyl (C=O) groups excluding carboxylic acids is 1. The van der Waals surface area contributed by atoms with E-state index in [0.29, 0.717) is 24.2 Å². The molecule has 0 aliphatic heterocycles. The lowest BCUT2D eigenvalue weighted by Gasteiger charge is -2.05. The number of fused-ring (bicyclic) bond motifs is 1. The average Bonchev–Trinajstić information content (AvgIpc) is 3.03. The van der Waals surface area contributed by atoms with E-state index in [2.05, 4.69) is 6.07 Å². The van der Waals surface area contributed by atoms with Crippen LogP contribution in [0.5, 0.6) is 5.75 Å². The Bertz CT molecular complexity index is 980. The lowest BCUT2D eigenvalue weighted by Crippen LogP contribution is -2.08.